The lowest BCUT2D eigenvalue weighted by molar-refractivity contribution is 0.428. The van der Waals surface area contributed by atoms with E-state index in [2.05, 4.69) is 45.8 Å². The Morgan fingerprint density at radius 2 is 1.06 bits per heavy atom. The van der Waals surface area contributed by atoms with E-state index in [1.54, 1.807) is 13.1 Å². The van der Waals surface area contributed by atoms with Crippen LogP contribution in [-0.2, 0) is 12.7 Å². The van der Waals surface area contributed by atoms with Crippen LogP contribution < -0.4 is 0 Å². The maximum atomic E-state index is 9.63. The van der Waals surface area contributed by atoms with E-state index >= 15 is 0 Å². The van der Waals surface area contributed by atoms with Gasteiger partial charge in [0.05, 0.1) is 0 Å². The number of hydrogen-bond acceptors (Lipinski definition) is 3. The van der Waals surface area contributed by atoms with E-state index in [0.29, 0.717) is 0 Å². The lowest BCUT2D eigenvalue weighted by Gasteiger charge is -2.28. The maximum Gasteiger partial charge on any atom is 0.297 e. The minimum Gasteiger partial charge on any atom is -0.439 e. The van der Waals surface area contributed by atoms with Crippen LogP contribution in [0.2, 0.25) is 58.9 Å². The lowest BCUT2D eigenvalue weighted by Crippen LogP contribution is -2.41. The molecule has 0 saturated carbocycles. The maximum absolute atomic E-state index is 9.63. The highest BCUT2D eigenvalue weighted by Gasteiger charge is 2.24. The van der Waals surface area contributed by atoms with Crippen molar-refractivity contribution in [1.29, 1.82) is 0 Å². The standard InChI is InChI=1S/C7H22O2Si3.C2H6OSi/c1-10(8-11(2,3)4)9-12(5,6)7;1-4(2)3/h10H,1-7H3;1-2H3. The quantitative estimate of drug-likeness (QED) is 0.747. The van der Waals surface area contributed by atoms with Crippen molar-refractivity contribution in [3.8, 4) is 0 Å². The summed E-state index contributed by atoms with van der Waals surface area (Å²) in [6.07, 6.45) is 0. The Kier molecular flexibility index (Phi) is 9.26. The molecule has 0 unspecified atom stereocenters. The normalized spacial score (nSPS) is 12.1. The summed E-state index contributed by atoms with van der Waals surface area (Å²) >= 11 is 0. The Morgan fingerprint density at radius 1 is 0.875 bits per heavy atom. The van der Waals surface area contributed by atoms with Crippen LogP contribution in [0.1, 0.15) is 0 Å². The third-order valence-electron chi connectivity index (χ3n) is 1.04. The molecule has 0 bridgehead atoms. The van der Waals surface area contributed by atoms with Crippen molar-refractivity contribution in [2.24, 2.45) is 0 Å². The summed E-state index contributed by atoms with van der Waals surface area (Å²) in [6.45, 7) is 18.8. The van der Waals surface area contributed by atoms with Crippen LogP contribution in [0.4, 0.5) is 0 Å². The molecule has 0 fully saturated rings. The van der Waals surface area contributed by atoms with Crippen LogP contribution in [0.15, 0.2) is 0 Å². The minimum absolute atomic E-state index is 1.13. The first-order chi connectivity index (χ1) is 6.83. The molecule has 0 atom stereocenters. The smallest absolute Gasteiger partial charge is 0.297 e. The SMILES string of the molecule is C[SiH](O[Si](C)(C)C)O[Si](C)(C)C.C[Si](C)=O. The van der Waals surface area contributed by atoms with Crippen LogP contribution >= 0.6 is 0 Å². The van der Waals surface area contributed by atoms with E-state index < -0.39 is 34.6 Å². The van der Waals surface area contributed by atoms with Crippen LogP contribution in [0.25, 0.3) is 0 Å². The summed E-state index contributed by atoms with van der Waals surface area (Å²) in [5, 5.41) is 0. The average Bonchev–Trinajstić information content (AvgIpc) is 1.72. The first-order valence-corrected chi connectivity index (χ1v) is 17.0. The zero-order chi connectivity index (χ0) is 13.6. The molecule has 0 heterocycles. The van der Waals surface area contributed by atoms with E-state index in [1.165, 1.54) is 0 Å². The second kappa shape index (κ2) is 7.83. The van der Waals surface area contributed by atoms with Gasteiger partial charge in [-0.3, -0.25) is 0 Å². The Labute approximate surface area is 106 Å². The molecule has 0 radical (unpaired) electrons. The molecule has 0 aliphatic heterocycles. The summed E-state index contributed by atoms with van der Waals surface area (Å²) in [5.74, 6) is 0. The monoisotopic (exact) mass is 296 g/mol. The fraction of sp³-hybridized carbons (Fsp3) is 1.00. The van der Waals surface area contributed by atoms with Crippen LogP contribution in [0, 0.1) is 0 Å². The van der Waals surface area contributed by atoms with Gasteiger partial charge in [-0.2, -0.15) is 0 Å². The predicted molar refractivity (Wildman–Crippen MR) is 80.0 cm³/mol. The van der Waals surface area contributed by atoms with E-state index in [4.69, 9.17) is 8.23 Å². The summed E-state index contributed by atoms with van der Waals surface area (Å²) in [7, 11) is -5.18. The summed E-state index contributed by atoms with van der Waals surface area (Å²) in [4.78, 5) is 0. The van der Waals surface area contributed by atoms with Gasteiger partial charge in [-0.25, -0.2) is 0 Å². The molecule has 3 nitrogen and oxygen atoms in total. The minimum atomic E-state index is -1.36. The van der Waals surface area contributed by atoms with Gasteiger partial charge in [-0.15, -0.1) is 0 Å². The molecule has 0 aromatic carbocycles. The highest BCUT2D eigenvalue weighted by atomic mass is 28.4. The molecule has 0 spiro atoms. The lowest BCUT2D eigenvalue weighted by atomic mass is 11.8. The van der Waals surface area contributed by atoms with Gasteiger partial charge >= 0.3 is 0 Å². The van der Waals surface area contributed by atoms with Gasteiger partial charge in [0.1, 0.15) is 0 Å². The van der Waals surface area contributed by atoms with E-state index in [1.807, 2.05) is 0 Å². The van der Waals surface area contributed by atoms with E-state index in [-0.39, 0.29) is 0 Å². The van der Waals surface area contributed by atoms with Gasteiger partial charge in [-0.1, -0.05) is 0 Å². The Bertz CT molecular complexity index is 188. The first kappa shape index (κ1) is 18.9. The van der Waals surface area contributed by atoms with Crippen molar-refractivity contribution in [1.82, 2.24) is 0 Å². The van der Waals surface area contributed by atoms with Crippen molar-refractivity contribution >= 4 is 34.6 Å². The van der Waals surface area contributed by atoms with Gasteiger partial charge in [0.25, 0.3) is 18.0 Å². The van der Waals surface area contributed by atoms with Gasteiger partial charge in [-0.05, 0) is 58.9 Å². The van der Waals surface area contributed by atoms with Crippen LogP contribution in [-0.4, -0.2) is 34.6 Å². The summed E-state index contributed by atoms with van der Waals surface area (Å²) in [5.41, 5.74) is 0. The molecule has 0 N–H and O–H groups in total. The highest BCUT2D eigenvalue weighted by Crippen LogP contribution is 2.10. The molecule has 0 amide bonds. The van der Waals surface area contributed by atoms with Crippen molar-refractivity contribution < 1.29 is 12.7 Å². The Balaban J connectivity index is 0. The largest absolute Gasteiger partial charge is 0.439 e. The fourth-order valence-electron chi connectivity index (χ4n) is 1.02. The number of hydrogen-bond donors (Lipinski definition) is 0. The molecule has 0 aliphatic carbocycles. The highest BCUT2D eigenvalue weighted by molar-refractivity contribution is 6.80. The molecule has 16 heavy (non-hydrogen) atoms. The summed E-state index contributed by atoms with van der Waals surface area (Å²) < 4.78 is 21.4. The van der Waals surface area contributed by atoms with Crippen LogP contribution in [0.5, 0.6) is 0 Å². The first-order valence-electron chi connectivity index (χ1n) is 5.66. The molecular weight excluding hydrogens is 268 g/mol. The molecular formula is C9H28O3Si4. The third-order valence-corrected chi connectivity index (χ3v) is 9.35. The number of rotatable bonds is 4. The second-order valence-corrected chi connectivity index (χ2v) is 19.2. The van der Waals surface area contributed by atoms with Crippen molar-refractivity contribution in [3.05, 3.63) is 0 Å². The van der Waals surface area contributed by atoms with Gasteiger partial charge in [0.15, 0.2) is 16.6 Å². The van der Waals surface area contributed by atoms with E-state index in [9.17, 15) is 4.46 Å². The topological polar surface area (TPSA) is 35.5 Å². The van der Waals surface area contributed by atoms with Crippen molar-refractivity contribution in [2.45, 2.75) is 58.9 Å². The average molecular weight is 297 g/mol. The van der Waals surface area contributed by atoms with E-state index in [0.717, 1.165) is 0 Å². The van der Waals surface area contributed by atoms with Crippen LogP contribution in [0.3, 0.4) is 0 Å². The Morgan fingerprint density at radius 3 is 1.19 bits per heavy atom. The molecule has 0 saturated heterocycles. The van der Waals surface area contributed by atoms with Gasteiger partial charge in [0, 0.05) is 0 Å². The second-order valence-electron chi connectivity index (χ2n) is 5.94. The third kappa shape index (κ3) is 24.0. The molecule has 0 rings (SSSR count). The van der Waals surface area contributed by atoms with Crippen molar-refractivity contribution in [2.75, 3.05) is 0 Å². The molecule has 0 aromatic rings. The zero-order valence-electron chi connectivity index (χ0n) is 12.3. The zero-order valence-corrected chi connectivity index (χ0v) is 16.5. The molecule has 98 valence electrons. The van der Waals surface area contributed by atoms with Gasteiger partial charge < -0.3 is 12.7 Å². The molecule has 7 heteroatoms. The van der Waals surface area contributed by atoms with Gasteiger partial charge in [0.2, 0.25) is 0 Å². The fourth-order valence-corrected chi connectivity index (χ4v) is 9.61. The summed E-state index contributed by atoms with van der Waals surface area (Å²) in [6, 6.07) is 0. The molecule has 0 aromatic heterocycles. The Hall–Kier alpha value is 0.588. The van der Waals surface area contributed by atoms with Crippen molar-refractivity contribution in [3.63, 3.8) is 0 Å². The predicted octanol–water partition coefficient (Wildman–Crippen LogP) is 3.21. The molecule has 0 aliphatic rings.